The van der Waals surface area contributed by atoms with Gasteiger partial charge in [-0.1, -0.05) is 0 Å². The minimum atomic E-state index is -2.54. The van der Waals surface area contributed by atoms with Crippen molar-refractivity contribution in [3.63, 3.8) is 0 Å². The van der Waals surface area contributed by atoms with Gasteiger partial charge in [0.2, 0.25) is 0 Å². The van der Waals surface area contributed by atoms with E-state index in [1.807, 2.05) is 0 Å². The molecule has 0 aliphatic carbocycles. The number of nitrogen functional groups attached to an aromatic ring is 1. The van der Waals surface area contributed by atoms with Gasteiger partial charge in [-0.3, -0.25) is 4.79 Å². The Hall–Kier alpha value is -1.24. The van der Waals surface area contributed by atoms with Crippen LogP contribution in [0.1, 0.15) is 10.5 Å². The van der Waals surface area contributed by atoms with Crippen LogP contribution in [0.25, 0.3) is 0 Å². The van der Waals surface area contributed by atoms with Crippen LogP contribution < -0.4 is 5.73 Å². The summed E-state index contributed by atoms with van der Waals surface area (Å²) >= 11 is 1.10. The first kappa shape index (κ1) is 10.8. The molecular weight excluding hydrogens is 212 g/mol. The molecule has 0 saturated heterocycles. The lowest BCUT2D eigenvalue weighted by atomic mass is 10.4. The Kier molecular flexibility index (Phi) is 3.34. The van der Waals surface area contributed by atoms with E-state index >= 15 is 0 Å². The van der Waals surface area contributed by atoms with Gasteiger partial charge in [-0.05, 0) is 0 Å². The number of nitrogens with two attached hydrogens (primary N) is 1. The van der Waals surface area contributed by atoms with E-state index in [0.717, 1.165) is 16.2 Å². The highest BCUT2D eigenvalue weighted by Crippen LogP contribution is 2.12. The number of amides is 1. The number of hydrogen-bond donors (Lipinski definition) is 1. The average Bonchev–Trinajstić information content (AvgIpc) is 2.49. The molecule has 0 unspecified atom stereocenters. The van der Waals surface area contributed by atoms with Crippen molar-refractivity contribution in [2.75, 3.05) is 19.3 Å². The SMILES string of the molecule is CN(CC(F)F)C(=O)c1csc(N)n1. The highest BCUT2D eigenvalue weighted by Gasteiger charge is 2.17. The second-order valence-corrected chi connectivity index (χ2v) is 3.54. The van der Waals surface area contributed by atoms with Crippen LogP contribution in [0.15, 0.2) is 5.38 Å². The molecule has 0 fully saturated rings. The third-order valence-corrected chi connectivity index (χ3v) is 2.17. The van der Waals surface area contributed by atoms with Gasteiger partial charge in [0.15, 0.2) is 5.13 Å². The summed E-state index contributed by atoms with van der Waals surface area (Å²) in [7, 11) is 1.30. The Bertz CT molecular complexity index is 328. The highest BCUT2D eigenvalue weighted by atomic mass is 32.1. The number of carbonyl (C=O) groups excluding carboxylic acids is 1. The molecule has 0 spiro atoms. The van der Waals surface area contributed by atoms with Gasteiger partial charge in [-0.15, -0.1) is 11.3 Å². The van der Waals surface area contributed by atoms with Crippen LogP contribution in [0.3, 0.4) is 0 Å². The summed E-state index contributed by atoms with van der Waals surface area (Å²) in [5, 5.41) is 1.69. The normalized spacial score (nSPS) is 10.6. The molecule has 1 aromatic rings. The van der Waals surface area contributed by atoms with Gasteiger partial charge >= 0.3 is 0 Å². The first-order valence-electron chi connectivity index (χ1n) is 3.75. The van der Waals surface area contributed by atoms with Gasteiger partial charge in [0.25, 0.3) is 12.3 Å². The van der Waals surface area contributed by atoms with E-state index in [2.05, 4.69) is 4.98 Å². The molecule has 0 aromatic carbocycles. The summed E-state index contributed by atoms with van der Waals surface area (Å²) in [4.78, 5) is 16.0. The first-order valence-corrected chi connectivity index (χ1v) is 4.63. The molecule has 0 bridgehead atoms. The van der Waals surface area contributed by atoms with Crippen LogP contribution in [-0.2, 0) is 0 Å². The summed E-state index contributed by atoms with van der Waals surface area (Å²) in [6, 6.07) is 0. The summed E-state index contributed by atoms with van der Waals surface area (Å²) in [6.07, 6.45) is -2.54. The zero-order valence-electron chi connectivity index (χ0n) is 7.41. The van der Waals surface area contributed by atoms with Crippen molar-refractivity contribution >= 4 is 22.4 Å². The number of carbonyl (C=O) groups is 1. The predicted molar refractivity (Wildman–Crippen MR) is 49.5 cm³/mol. The molecule has 4 nitrogen and oxygen atoms in total. The maximum Gasteiger partial charge on any atom is 0.273 e. The first-order chi connectivity index (χ1) is 6.50. The summed E-state index contributed by atoms with van der Waals surface area (Å²) in [5.41, 5.74) is 5.41. The molecule has 7 heteroatoms. The summed E-state index contributed by atoms with van der Waals surface area (Å²) < 4.78 is 23.9. The Labute approximate surface area is 83.3 Å². The number of anilines is 1. The minimum absolute atomic E-state index is 0.107. The van der Waals surface area contributed by atoms with Crippen LogP contribution in [-0.4, -0.2) is 35.8 Å². The number of thiazole rings is 1. The third-order valence-electron chi connectivity index (χ3n) is 1.50. The number of aromatic nitrogens is 1. The zero-order valence-corrected chi connectivity index (χ0v) is 8.22. The molecular formula is C7H9F2N3OS. The Morgan fingerprint density at radius 2 is 2.43 bits per heavy atom. The molecule has 0 radical (unpaired) electrons. The largest absolute Gasteiger partial charge is 0.375 e. The van der Waals surface area contributed by atoms with Crippen LogP contribution in [0, 0.1) is 0 Å². The average molecular weight is 221 g/mol. The fourth-order valence-electron chi connectivity index (χ4n) is 0.871. The van der Waals surface area contributed by atoms with E-state index in [9.17, 15) is 13.6 Å². The highest BCUT2D eigenvalue weighted by molar-refractivity contribution is 7.13. The lowest BCUT2D eigenvalue weighted by Gasteiger charge is -2.14. The lowest BCUT2D eigenvalue weighted by Crippen LogP contribution is -2.31. The number of nitrogens with zero attached hydrogens (tertiary/aromatic N) is 2. The van der Waals surface area contributed by atoms with E-state index in [-0.39, 0.29) is 10.8 Å². The van der Waals surface area contributed by atoms with Crippen molar-refractivity contribution in [2.24, 2.45) is 0 Å². The fraction of sp³-hybridized carbons (Fsp3) is 0.429. The van der Waals surface area contributed by atoms with Gasteiger partial charge in [-0.25, -0.2) is 13.8 Å². The quantitative estimate of drug-likeness (QED) is 0.830. The van der Waals surface area contributed by atoms with E-state index in [1.54, 1.807) is 0 Å². The van der Waals surface area contributed by atoms with Crippen LogP contribution in [0.4, 0.5) is 13.9 Å². The fourth-order valence-corrected chi connectivity index (χ4v) is 1.41. The van der Waals surface area contributed by atoms with Gasteiger partial charge < -0.3 is 10.6 Å². The van der Waals surface area contributed by atoms with E-state index in [4.69, 9.17) is 5.73 Å². The molecule has 78 valence electrons. The molecule has 1 heterocycles. The van der Waals surface area contributed by atoms with Crippen molar-refractivity contribution in [3.8, 4) is 0 Å². The Morgan fingerprint density at radius 3 is 2.86 bits per heavy atom. The Morgan fingerprint density at radius 1 is 1.79 bits per heavy atom. The van der Waals surface area contributed by atoms with Gasteiger partial charge in [-0.2, -0.15) is 0 Å². The molecule has 14 heavy (non-hydrogen) atoms. The number of halogens is 2. The van der Waals surface area contributed by atoms with Gasteiger partial charge in [0.1, 0.15) is 5.69 Å². The van der Waals surface area contributed by atoms with Crippen LogP contribution in [0.5, 0.6) is 0 Å². The van der Waals surface area contributed by atoms with Crippen LogP contribution in [0.2, 0.25) is 0 Å². The van der Waals surface area contributed by atoms with Crippen molar-refractivity contribution in [3.05, 3.63) is 11.1 Å². The van der Waals surface area contributed by atoms with E-state index < -0.39 is 18.9 Å². The molecule has 0 atom stereocenters. The monoisotopic (exact) mass is 221 g/mol. The molecule has 0 aliphatic rings. The topological polar surface area (TPSA) is 59.2 Å². The van der Waals surface area contributed by atoms with Gasteiger partial charge in [0.05, 0.1) is 6.54 Å². The number of alkyl halides is 2. The van der Waals surface area contributed by atoms with Crippen molar-refractivity contribution < 1.29 is 13.6 Å². The zero-order chi connectivity index (χ0) is 10.7. The molecule has 0 aliphatic heterocycles. The standard InChI is InChI=1S/C7H9F2N3OS/c1-12(2-5(8)9)6(13)4-3-14-7(10)11-4/h3,5H,2H2,1H3,(H2,10,11). The minimum Gasteiger partial charge on any atom is -0.375 e. The summed E-state index contributed by atoms with van der Waals surface area (Å²) in [5.74, 6) is -0.543. The smallest absolute Gasteiger partial charge is 0.273 e. The second-order valence-electron chi connectivity index (χ2n) is 2.65. The van der Waals surface area contributed by atoms with Crippen molar-refractivity contribution in [1.29, 1.82) is 0 Å². The molecule has 2 N–H and O–H groups in total. The predicted octanol–water partition coefficient (Wildman–Crippen LogP) is 1.06. The Balaban J connectivity index is 2.65. The molecule has 1 aromatic heterocycles. The maximum absolute atomic E-state index is 11.9. The van der Waals surface area contributed by atoms with Gasteiger partial charge in [0, 0.05) is 12.4 Å². The second kappa shape index (κ2) is 4.32. The van der Waals surface area contributed by atoms with Crippen molar-refractivity contribution in [2.45, 2.75) is 6.43 Å². The van der Waals surface area contributed by atoms with Crippen LogP contribution >= 0.6 is 11.3 Å². The molecule has 0 saturated carbocycles. The summed E-state index contributed by atoms with van der Waals surface area (Å²) in [6.45, 7) is -0.601. The number of rotatable bonds is 3. The molecule has 1 amide bonds. The van der Waals surface area contributed by atoms with E-state index in [0.29, 0.717) is 0 Å². The maximum atomic E-state index is 11.9. The number of hydrogen-bond acceptors (Lipinski definition) is 4. The van der Waals surface area contributed by atoms with Crippen molar-refractivity contribution in [1.82, 2.24) is 9.88 Å². The third kappa shape index (κ3) is 2.63. The lowest BCUT2D eigenvalue weighted by molar-refractivity contribution is 0.0616. The molecule has 1 rings (SSSR count). The van der Waals surface area contributed by atoms with E-state index in [1.165, 1.54) is 12.4 Å².